The molecule has 0 radical (unpaired) electrons. The third-order valence-electron chi connectivity index (χ3n) is 2.51. The molecule has 0 aliphatic heterocycles. The van der Waals surface area contributed by atoms with E-state index in [4.69, 9.17) is 10.5 Å². The quantitative estimate of drug-likeness (QED) is 0.851. The van der Waals surface area contributed by atoms with Crippen LogP contribution in [0.5, 0.6) is 5.75 Å². The summed E-state index contributed by atoms with van der Waals surface area (Å²) in [5.41, 5.74) is 7.71. The molecule has 18 heavy (non-hydrogen) atoms. The third kappa shape index (κ3) is 2.95. The summed E-state index contributed by atoms with van der Waals surface area (Å²) in [6, 6.07) is 9.34. The topological polar surface area (TPSA) is 63.9 Å². The van der Waals surface area contributed by atoms with E-state index >= 15 is 0 Å². The van der Waals surface area contributed by atoms with Crippen molar-refractivity contribution < 1.29 is 9.13 Å². The summed E-state index contributed by atoms with van der Waals surface area (Å²) in [4.78, 5) is 0. The number of nitrogens with zero attached hydrogens (tertiary/aromatic N) is 1. The Morgan fingerprint density at radius 2 is 2.11 bits per heavy atom. The van der Waals surface area contributed by atoms with Crippen molar-refractivity contribution >= 4 is 0 Å². The molecule has 0 saturated carbocycles. The number of halogens is 1. The highest BCUT2D eigenvalue weighted by atomic mass is 19.1. The van der Waals surface area contributed by atoms with Gasteiger partial charge in [0.05, 0.1) is 12.0 Å². The lowest BCUT2D eigenvalue weighted by atomic mass is 10.1. The molecule has 1 heterocycles. The Balaban J connectivity index is 2.00. The van der Waals surface area contributed by atoms with E-state index in [0.29, 0.717) is 17.7 Å². The van der Waals surface area contributed by atoms with Crippen LogP contribution in [0.25, 0.3) is 11.3 Å². The Hall–Kier alpha value is -2.14. The Morgan fingerprint density at radius 1 is 1.33 bits per heavy atom. The largest absolute Gasteiger partial charge is 0.489 e. The van der Waals surface area contributed by atoms with E-state index in [1.54, 1.807) is 6.20 Å². The molecular formula is C13H14FN3O. The molecule has 94 valence electrons. The van der Waals surface area contributed by atoms with Crippen LogP contribution in [0.3, 0.4) is 0 Å². The summed E-state index contributed by atoms with van der Waals surface area (Å²) in [6.07, 6.45) is 2.18. The summed E-state index contributed by atoms with van der Waals surface area (Å²) < 4.78 is 17.7. The number of benzene rings is 1. The Labute approximate surface area is 104 Å². The van der Waals surface area contributed by atoms with Gasteiger partial charge in [0.2, 0.25) is 0 Å². The number of aromatic nitrogens is 2. The maximum atomic E-state index is 12.3. The maximum absolute atomic E-state index is 12.3. The molecule has 0 amide bonds. The molecule has 5 heteroatoms. The van der Waals surface area contributed by atoms with Gasteiger partial charge in [-0.2, -0.15) is 5.10 Å². The van der Waals surface area contributed by atoms with Crippen molar-refractivity contribution in [2.45, 2.75) is 0 Å². The van der Waals surface area contributed by atoms with Gasteiger partial charge in [0.1, 0.15) is 12.4 Å². The van der Waals surface area contributed by atoms with E-state index in [2.05, 4.69) is 10.2 Å². The lowest BCUT2D eigenvalue weighted by molar-refractivity contribution is 0.347. The molecule has 1 aromatic heterocycles. The number of rotatable bonds is 5. The highest BCUT2D eigenvalue weighted by Gasteiger charge is 2.01. The second kappa shape index (κ2) is 5.97. The molecular weight excluding hydrogens is 233 g/mol. The van der Waals surface area contributed by atoms with Gasteiger partial charge in [-0.25, -0.2) is 4.39 Å². The van der Waals surface area contributed by atoms with E-state index in [-0.39, 0.29) is 13.2 Å². The van der Waals surface area contributed by atoms with Gasteiger partial charge < -0.3 is 10.5 Å². The Morgan fingerprint density at radius 3 is 2.67 bits per heavy atom. The molecule has 0 atom stereocenters. The fourth-order valence-electron chi connectivity index (χ4n) is 1.46. The smallest absolute Gasteiger partial charge is 0.119 e. The van der Waals surface area contributed by atoms with Gasteiger partial charge in [-0.05, 0) is 35.9 Å². The number of hydrogen-bond acceptors (Lipinski definition) is 3. The molecule has 2 aromatic rings. The van der Waals surface area contributed by atoms with E-state index in [0.717, 1.165) is 11.3 Å². The van der Waals surface area contributed by atoms with Crippen molar-refractivity contribution in [2.75, 3.05) is 13.2 Å². The molecule has 1 aromatic carbocycles. The normalized spacial score (nSPS) is 11.6. The summed E-state index contributed by atoms with van der Waals surface area (Å²) >= 11 is 0. The van der Waals surface area contributed by atoms with Gasteiger partial charge in [0, 0.05) is 18.3 Å². The highest BCUT2D eigenvalue weighted by molar-refractivity contribution is 5.59. The second-order valence-corrected chi connectivity index (χ2v) is 3.75. The summed E-state index contributed by atoms with van der Waals surface area (Å²) in [5, 5.41) is 6.76. The van der Waals surface area contributed by atoms with Crippen LogP contribution in [0.1, 0.15) is 0 Å². The number of aromatic amines is 1. The highest BCUT2D eigenvalue weighted by Crippen LogP contribution is 2.20. The molecule has 0 bridgehead atoms. The van der Waals surface area contributed by atoms with E-state index < -0.39 is 0 Å². The molecule has 0 spiro atoms. The van der Waals surface area contributed by atoms with Crippen molar-refractivity contribution in [1.29, 1.82) is 0 Å². The van der Waals surface area contributed by atoms with Crippen LogP contribution in [0.15, 0.2) is 48.4 Å². The molecule has 0 saturated heterocycles. The minimum absolute atomic E-state index is 0.155. The monoisotopic (exact) mass is 247 g/mol. The molecule has 0 fully saturated rings. The molecule has 4 nitrogen and oxygen atoms in total. The zero-order valence-corrected chi connectivity index (χ0v) is 9.77. The van der Waals surface area contributed by atoms with Crippen molar-refractivity contribution in [3.63, 3.8) is 0 Å². The molecule has 0 unspecified atom stereocenters. The fourth-order valence-corrected chi connectivity index (χ4v) is 1.46. The molecule has 2 rings (SSSR count). The van der Waals surface area contributed by atoms with Crippen molar-refractivity contribution in [3.05, 3.63) is 48.4 Å². The molecule has 0 aliphatic rings. The first-order chi connectivity index (χ1) is 8.83. The number of nitrogens with two attached hydrogens (primary N) is 1. The van der Waals surface area contributed by atoms with E-state index in [1.165, 1.54) is 0 Å². The first-order valence-corrected chi connectivity index (χ1v) is 5.54. The van der Waals surface area contributed by atoms with Crippen LogP contribution in [-0.4, -0.2) is 23.3 Å². The number of nitrogens with one attached hydrogen (secondary N) is 1. The van der Waals surface area contributed by atoms with Crippen LogP contribution in [-0.2, 0) is 0 Å². The van der Waals surface area contributed by atoms with Crippen LogP contribution in [0.2, 0.25) is 0 Å². The standard InChI is InChI=1S/C13H14FN3O/c14-7-10(8-15)9-18-12-3-1-11(2-4-12)13-5-6-16-17-13/h1-7H,8-9,15H2,(H,16,17)/b10-7+. The van der Waals surface area contributed by atoms with Crippen LogP contribution in [0, 0.1) is 0 Å². The number of H-pyrrole nitrogens is 1. The second-order valence-electron chi connectivity index (χ2n) is 3.75. The van der Waals surface area contributed by atoms with Crippen molar-refractivity contribution in [3.8, 4) is 17.0 Å². The maximum Gasteiger partial charge on any atom is 0.119 e. The van der Waals surface area contributed by atoms with Gasteiger partial charge in [-0.3, -0.25) is 5.10 Å². The van der Waals surface area contributed by atoms with E-state index in [9.17, 15) is 4.39 Å². The minimum Gasteiger partial charge on any atom is -0.489 e. The van der Waals surface area contributed by atoms with Crippen LogP contribution < -0.4 is 10.5 Å². The van der Waals surface area contributed by atoms with Gasteiger partial charge in [-0.15, -0.1) is 0 Å². The van der Waals surface area contributed by atoms with Crippen molar-refractivity contribution in [2.24, 2.45) is 5.73 Å². The zero-order chi connectivity index (χ0) is 12.8. The van der Waals surface area contributed by atoms with Crippen LogP contribution >= 0.6 is 0 Å². The Kier molecular flexibility index (Phi) is 4.09. The van der Waals surface area contributed by atoms with Crippen molar-refractivity contribution in [1.82, 2.24) is 10.2 Å². The SMILES string of the molecule is NC/C(=C\F)COc1ccc(-c2ccn[nH]2)cc1. The molecule has 3 N–H and O–H groups in total. The number of ether oxygens (including phenoxy) is 1. The molecule has 0 aliphatic carbocycles. The van der Waals surface area contributed by atoms with Gasteiger partial charge in [0.25, 0.3) is 0 Å². The Bertz CT molecular complexity index is 506. The van der Waals surface area contributed by atoms with E-state index in [1.807, 2.05) is 30.3 Å². The van der Waals surface area contributed by atoms with Gasteiger partial charge >= 0.3 is 0 Å². The first kappa shape index (κ1) is 12.3. The average molecular weight is 247 g/mol. The van der Waals surface area contributed by atoms with Crippen LogP contribution in [0.4, 0.5) is 4.39 Å². The van der Waals surface area contributed by atoms with Gasteiger partial charge in [-0.1, -0.05) is 0 Å². The average Bonchev–Trinajstić information content (AvgIpc) is 2.94. The lowest BCUT2D eigenvalue weighted by Crippen LogP contribution is -2.10. The predicted molar refractivity (Wildman–Crippen MR) is 67.8 cm³/mol. The predicted octanol–water partition coefficient (Wildman–Crippen LogP) is 2.27. The summed E-state index contributed by atoms with van der Waals surface area (Å²) in [6.45, 7) is 0.319. The number of hydrogen-bond donors (Lipinski definition) is 2. The fraction of sp³-hybridized carbons (Fsp3) is 0.154. The van der Waals surface area contributed by atoms with Gasteiger partial charge in [0.15, 0.2) is 0 Å². The lowest BCUT2D eigenvalue weighted by Gasteiger charge is -2.07. The summed E-state index contributed by atoms with van der Waals surface area (Å²) in [7, 11) is 0. The summed E-state index contributed by atoms with van der Waals surface area (Å²) in [5.74, 6) is 0.672. The zero-order valence-electron chi connectivity index (χ0n) is 9.77. The third-order valence-corrected chi connectivity index (χ3v) is 2.51. The minimum atomic E-state index is 0.155. The first-order valence-electron chi connectivity index (χ1n) is 5.54.